The number of ether oxygens (including phenoxy) is 1. The first-order valence-electron chi connectivity index (χ1n) is 18.7. The van der Waals surface area contributed by atoms with Gasteiger partial charge in [0.2, 0.25) is 0 Å². The van der Waals surface area contributed by atoms with Gasteiger partial charge in [-0.15, -0.1) is 0 Å². The third-order valence-corrected chi connectivity index (χ3v) is 9.08. The van der Waals surface area contributed by atoms with Crippen LogP contribution in [0.15, 0.2) is 133 Å². The molecule has 0 saturated carbocycles. The summed E-state index contributed by atoms with van der Waals surface area (Å²) in [4.78, 5) is 11.5. The molecule has 0 spiro atoms. The van der Waals surface area contributed by atoms with Crippen LogP contribution in [0.3, 0.4) is 0 Å². The molecule has 0 aliphatic rings. The van der Waals surface area contributed by atoms with E-state index in [4.69, 9.17) is 39.1 Å². The molecule has 0 heterocycles. The molecule has 0 bridgehead atoms. The second kappa shape index (κ2) is 20.6. The SMILES string of the molecule is CCC(C)Nc1ccc(N)c2ccccc12.CCCCCOC(=O)c1ccc(N)cc1.Nc1ccc(N)c2ccccc12.Nc1ccc(N)c2ccccc12.[HH]. The van der Waals surface area contributed by atoms with E-state index in [2.05, 4.69) is 44.3 Å². The number of hydrogen-bond acceptors (Lipinski definition) is 9. The summed E-state index contributed by atoms with van der Waals surface area (Å²) in [6.07, 6.45) is 4.25. The maximum Gasteiger partial charge on any atom is 0.338 e. The predicted molar refractivity (Wildman–Crippen MR) is 240 cm³/mol. The van der Waals surface area contributed by atoms with Crippen LogP contribution in [0.5, 0.6) is 0 Å². The van der Waals surface area contributed by atoms with Crippen molar-refractivity contribution in [1.29, 1.82) is 0 Å². The van der Waals surface area contributed by atoms with Gasteiger partial charge < -0.3 is 44.5 Å². The first-order valence-corrected chi connectivity index (χ1v) is 18.7. The van der Waals surface area contributed by atoms with E-state index in [0.717, 1.165) is 81.1 Å². The predicted octanol–water partition coefficient (Wildman–Crippen LogP) is 10.5. The minimum atomic E-state index is -0.272. The van der Waals surface area contributed by atoms with Crippen molar-refractivity contribution in [1.82, 2.24) is 0 Å². The Labute approximate surface area is 326 Å². The zero-order valence-corrected chi connectivity index (χ0v) is 32.1. The van der Waals surface area contributed by atoms with Crippen LogP contribution in [-0.4, -0.2) is 18.6 Å². The van der Waals surface area contributed by atoms with Crippen LogP contribution in [0.25, 0.3) is 32.3 Å². The lowest BCUT2D eigenvalue weighted by Crippen LogP contribution is -2.13. The molecule has 7 rings (SSSR count). The molecule has 7 aromatic carbocycles. The van der Waals surface area contributed by atoms with Gasteiger partial charge in [0.1, 0.15) is 0 Å². The van der Waals surface area contributed by atoms with Gasteiger partial charge in [-0.1, -0.05) is 99.5 Å². The summed E-state index contributed by atoms with van der Waals surface area (Å²) in [5.74, 6) is -0.272. The quantitative estimate of drug-likeness (QED) is 0.0451. The van der Waals surface area contributed by atoms with Crippen LogP contribution in [0.4, 0.5) is 39.8 Å². The van der Waals surface area contributed by atoms with Crippen molar-refractivity contribution in [2.45, 2.75) is 52.5 Å². The van der Waals surface area contributed by atoms with E-state index in [-0.39, 0.29) is 7.40 Å². The Morgan fingerprint density at radius 2 is 0.927 bits per heavy atom. The molecule has 1 atom stereocenters. The van der Waals surface area contributed by atoms with E-state index in [1.165, 1.54) is 11.1 Å². The van der Waals surface area contributed by atoms with Crippen molar-refractivity contribution in [3.8, 4) is 0 Å². The third kappa shape index (κ3) is 11.7. The molecule has 13 N–H and O–H groups in total. The minimum Gasteiger partial charge on any atom is -0.462 e. The van der Waals surface area contributed by atoms with Crippen LogP contribution in [-0.2, 0) is 4.74 Å². The molecule has 7 aromatic rings. The van der Waals surface area contributed by atoms with Crippen molar-refractivity contribution < 1.29 is 11.0 Å². The molecule has 0 aliphatic carbocycles. The van der Waals surface area contributed by atoms with Crippen molar-refractivity contribution in [2.75, 3.05) is 46.3 Å². The van der Waals surface area contributed by atoms with Crippen molar-refractivity contribution >= 4 is 78.1 Å². The fourth-order valence-electron chi connectivity index (χ4n) is 5.73. The maximum atomic E-state index is 11.5. The van der Waals surface area contributed by atoms with Crippen LogP contribution >= 0.6 is 0 Å². The van der Waals surface area contributed by atoms with Gasteiger partial charge >= 0.3 is 5.97 Å². The number of nitrogens with one attached hydrogen (secondary N) is 1. The first-order chi connectivity index (χ1) is 26.5. The van der Waals surface area contributed by atoms with Crippen LogP contribution in [0, 0.1) is 0 Å². The summed E-state index contributed by atoms with van der Waals surface area (Å²) in [6.45, 7) is 6.97. The Hall–Kier alpha value is -6.61. The normalized spacial score (nSPS) is 10.9. The average molecular weight is 740 g/mol. The van der Waals surface area contributed by atoms with E-state index in [0.29, 0.717) is 23.9 Å². The van der Waals surface area contributed by atoms with Crippen LogP contribution in [0.1, 0.15) is 58.2 Å². The standard InChI is InChI=1S/C14H18N2.C12H17NO2.2C10H10N2.H2/c1-3-10(2)16-14-9-8-13(15)11-6-4-5-7-12(11)14;1-2-3-4-9-15-12(14)10-5-7-11(13)8-6-10;2*11-9-5-6-10(12)8-4-2-1-3-7(8)9;/h4-10,16H,3,15H2,1-2H3;5-8H,2-4,9,13H2,1H3;2*1-6H,11-12H2;1H. The number of carbonyl (C=O) groups is 1. The third-order valence-electron chi connectivity index (χ3n) is 9.08. The topological polar surface area (TPSA) is 194 Å². The van der Waals surface area contributed by atoms with Gasteiger partial charge in [0.05, 0.1) is 12.2 Å². The minimum absolute atomic E-state index is 0. The second-order valence-electron chi connectivity index (χ2n) is 13.2. The largest absolute Gasteiger partial charge is 0.462 e. The number of benzene rings is 7. The molecule has 55 heavy (non-hydrogen) atoms. The molecule has 0 radical (unpaired) electrons. The molecule has 0 aromatic heterocycles. The van der Waals surface area contributed by atoms with Crippen molar-refractivity contribution in [2.24, 2.45) is 0 Å². The lowest BCUT2D eigenvalue weighted by atomic mass is 10.1. The Morgan fingerprint density at radius 1 is 0.545 bits per heavy atom. The van der Waals surface area contributed by atoms with Crippen LogP contribution < -0.4 is 39.7 Å². The number of esters is 1. The molecule has 9 nitrogen and oxygen atoms in total. The molecule has 0 aliphatic heterocycles. The highest BCUT2D eigenvalue weighted by molar-refractivity contribution is 6.02. The van der Waals surface area contributed by atoms with E-state index in [1.54, 1.807) is 24.3 Å². The van der Waals surface area contributed by atoms with Crippen LogP contribution in [0.2, 0.25) is 0 Å². The number of carbonyl (C=O) groups excluding carboxylic acids is 1. The Kier molecular flexibility index (Phi) is 15.4. The summed E-state index contributed by atoms with van der Waals surface area (Å²) >= 11 is 0. The number of rotatable bonds is 8. The van der Waals surface area contributed by atoms with E-state index in [1.807, 2.05) is 91.0 Å². The molecule has 0 fully saturated rings. The molecular weight excluding hydrogens is 683 g/mol. The molecule has 288 valence electrons. The summed E-state index contributed by atoms with van der Waals surface area (Å²) in [6, 6.07) is 42.5. The number of hydrogen-bond donors (Lipinski definition) is 7. The first kappa shape index (κ1) is 41.2. The maximum absolute atomic E-state index is 11.5. The van der Waals surface area contributed by atoms with Gasteiger partial charge in [-0.2, -0.15) is 0 Å². The fourth-order valence-corrected chi connectivity index (χ4v) is 5.73. The summed E-state index contributed by atoms with van der Waals surface area (Å²) < 4.78 is 5.09. The number of fused-ring (bicyclic) bond motifs is 3. The van der Waals surface area contributed by atoms with E-state index >= 15 is 0 Å². The van der Waals surface area contributed by atoms with Crippen molar-refractivity contribution in [3.05, 3.63) is 139 Å². The van der Waals surface area contributed by atoms with Crippen molar-refractivity contribution in [3.63, 3.8) is 0 Å². The Bertz CT molecular complexity index is 2130. The number of anilines is 7. The lowest BCUT2D eigenvalue weighted by molar-refractivity contribution is 0.0498. The summed E-state index contributed by atoms with van der Waals surface area (Å²) in [7, 11) is 0. The lowest BCUT2D eigenvalue weighted by Gasteiger charge is -2.16. The second-order valence-corrected chi connectivity index (χ2v) is 13.2. The monoisotopic (exact) mass is 739 g/mol. The molecule has 9 heteroatoms. The Balaban J connectivity index is 0.000000200. The smallest absolute Gasteiger partial charge is 0.338 e. The zero-order valence-electron chi connectivity index (χ0n) is 32.1. The van der Waals surface area contributed by atoms with Gasteiger partial charge in [0.15, 0.2) is 0 Å². The van der Waals surface area contributed by atoms with Gasteiger partial charge in [-0.05, 0) is 80.4 Å². The van der Waals surface area contributed by atoms with Gasteiger partial charge in [0.25, 0.3) is 0 Å². The molecule has 1 unspecified atom stereocenters. The molecule has 0 saturated heterocycles. The summed E-state index contributed by atoms with van der Waals surface area (Å²) in [5, 5.41) is 9.93. The highest BCUT2D eigenvalue weighted by atomic mass is 16.5. The number of nitrogen functional groups attached to an aromatic ring is 6. The highest BCUT2D eigenvalue weighted by Gasteiger charge is 2.07. The Morgan fingerprint density at radius 3 is 1.33 bits per heavy atom. The van der Waals surface area contributed by atoms with E-state index < -0.39 is 0 Å². The summed E-state index contributed by atoms with van der Waals surface area (Å²) in [5.41, 5.74) is 40.9. The van der Waals surface area contributed by atoms with Gasteiger partial charge in [0, 0.05) is 79.6 Å². The highest BCUT2D eigenvalue weighted by Crippen LogP contribution is 2.29. The van der Waals surface area contributed by atoms with Gasteiger partial charge in [-0.25, -0.2) is 4.79 Å². The molecule has 0 amide bonds. The average Bonchev–Trinajstić information content (AvgIpc) is 3.21. The van der Waals surface area contributed by atoms with Gasteiger partial charge in [-0.3, -0.25) is 0 Å². The number of nitrogens with two attached hydrogens (primary N) is 6. The van der Waals surface area contributed by atoms with E-state index in [9.17, 15) is 4.79 Å². The number of unbranched alkanes of at least 4 members (excludes halogenated alkanes) is 2. The molecular formula is C46H57N7O2. The zero-order chi connectivity index (χ0) is 39.7. The fraction of sp³-hybridized carbons (Fsp3) is 0.196.